The highest BCUT2D eigenvalue weighted by Crippen LogP contribution is 2.31. The summed E-state index contributed by atoms with van der Waals surface area (Å²) in [5.41, 5.74) is 0. The number of rotatable bonds is 2. The molecule has 2 heteroatoms. The predicted octanol–water partition coefficient (Wildman–Crippen LogP) is 2.45. The second-order valence-corrected chi connectivity index (χ2v) is 4.05. The van der Waals surface area contributed by atoms with E-state index in [1.165, 1.54) is 0 Å². The van der Waals surface area contributed by atoms with Crippen LogP contribution in [0, 0.1) is 0 Å². The maximum Gasteiger partial charge on any atom is 0.0846 e. The van der Waals surface area contributed by atoms with Crippen LogP contribution in [0.4, 0.5) is 0 Å². The maximum absolute atomic E-state index is 5.85. The molecule has 2 saturated heterocycles. The van der Waals surface area contributed by atoms with E-state index < -0.39 is 0 Å². The number of ether oxygens (including phenoxy) is 2. The molecule has 0 N–H and O–H groups in total. The Morgan fingerprint density at radius 1 is 0.786 bits per heavy atom. The largest absolute Gasteiger partial charge is 0.368 e. The van der Waals surface area contributed by atoms with Crippen molar-refractivity contribution in [3.63, 3.8) is 0 Å². The van der Waals surface area contributed by atoms with Crippen molar-refractivity contribution >= 4 is 0 Å². The summed E-state index contributed by atoms with van der Waals surface area (Å²) < 4.78 is 11.7. The first-order valence-electron chi connectivity index (χ1n) is 5.39. The molecule has 2 rings (SSSR count). The van der Waals surface area contributed by atoms with Gasteiger partial charge in [-0.3, -0.25) is 0 Å². The van der Waals surface area contributed by atoms with Crippen LogP contribution in [-0.4, -0.2) is 24.4 Å². The molecule has 2 fully saturated rings. The van der Waals surface area contributed by atoms with E-state index in [2.05, 4.69) is 13.2 Å². The van der Waals surface area contributed by atoms with Gasteiger partial charge in [-0.05, 0) is 25.7 Å². The van der Waals surface area contributed by atoms with Gasteiger partial charge in [0.25, 0.3) is 0 Å². The van der Waals surface area contributed by atoms with Gasteiger partial charge in [-0.15, -0.1) is 13.2 Å². The average molecular weight is 194 g/mol. The van der Waals surface area contributed by atoms with Crippen LogP contribution < -0.4 is 0 Å². The maximum atomic E-state index is 5.85. The minimum atomic E-state index is 0.236. The molecule has 14 heavy (non-hydrogen) atoms. The molecular formula is C12H18O2. The summed E-state index contributed by atoms with van der Waals surface area (Å²) in [5, 5.41) is 0. The molecule has 0 aliphatic carbocycles. The van der Waals surface area contributed by atoms with Crippen molar-refractivity contribution in [3.8, 4) is 0 Å². The molecule has 0 radical (unpaired) electrons. The number of hydrogen-bond donors (Lipinski definition) is 0. The van der Waals surface area contributed by atoms with Crippen LogP contribution in [0.15, 0.2) is 25.3 Å². The highest BCUT2D eigenvalue weighted by molar-refractivity contribution is 4.94. The first-order valence-corrected chi connectivity index (χ1v) is 5.39. The quantitative estimate of drug-likeness (QED) is 0.629. The third-order valence-electron chi connectivity index (χ3n) is 3.11. The van der Waals surface area contributed by atoms with E-state index >= 15 is 0 Å². The lowest BCUT2D eigenvalue weighted by atomic mass is 9.93. The van der Waals surface area contributed by atoms with E-state index in [1.54, 1.807) is 0 Å². The average Bonchev–Trinajstić information content (AvgIpc) is 2.27. The normalized spacial score (nSPS) is 42.6. The highest BCUT2D eigenvalue weighted by Gasteiger charge is 2.35. The van der Waals surface area contributed by atoms with Crippen LogP contribution in [0.1, 0.15) is 25.7 Å². The van der Waals surface area contributed by atoms with Gasteiger partial charge in [-0.25, -0.2) is 0 Å². The van der Waals surface area contributed by atoms with Gasteiger partial charge in [0.05, 0.1) is 24.4 Å². The Kier molecular flexibility index (Phi) is 3.04. The smallest absolute Gasteiger partial charge is 0.0846 e. The molecule has 2 heterocycles. The first kappa shape index (κ1) is 9.94. The van der Waals surface area contributed by atoms with E-state index in [4.69, 9.17) is 9.47 Å². The minimum Gasteiger partial charge on any atom is -0.368 e. The van der Waals surface area contributed by atoms with Crippen molar-refractivity contribution < 1.29 is 9.47 Å². The molecule has 0 aromatic rings. The van der Waals surface area contributed by atoms with Crippen LogP contribution in [0.25, 0.3) is 0 Å². The fourth-order valence-corrected chi connectivity index (χ4v) is 2.27. The second-order valence-electron chi connectivity index (χ2n) is 4.05. The Balaban J connectivity index is 1.94. The lowest BCUT2D eigenvalue weighted by Crippen LogP contribution is -2.45. The molecule has 0 aromatic carbocycles. The fourth-order valence-electron chi connectivity index (χ4n) is 2.27. The highest BCUT2D eigenvalue weighted by atomic mass is 16.6. The van der Waals surface area contributed by atoms with Gasteiger partial charge in [-0.2, -0.15) is 0 Å². The Morgan fingerprint density at radius 2 is 1.21 bits per heavy atom. The molecule has 0 bridgehead atoms. The van der Waals surface area contributed by atoms with E-state index in [0.717, 1.165) is 25.7 Å². The van der Waals surface area contributed by atoms with Gasteiger partial charge < -0.3 is 9.47 Å². The third kappa shape index (κ3) is 1.91. The van der Waals surface area contributed by atoms with Crippen LogP contribution in [0.5, 0.6) is 0 Å². The van der Waals surface area contributed by atoms with Gasteiger partial charge in [0.1, 0.15) is 0 Å². The zero-order valence-electron chi connectivity index (χ0n) is 8.52. The molecular weight excluding hydrogens is 176 g/mol. The monoisotopic (exact) mass is 194 g/mol. The van der Waals surface area contributed by atoms with Crippen molar-refractivity contribution in [1.82, 2.24) is 0 Å². The summed E-state index contributed by atoms with van der Waals surface area (Å²) in [5.74, 6) is 0. The van der Waals surface area contributed by atoms with Crippen molar-refractivity contribution in [2.75, 3.05) is 0 Å². The van der Waals surface area contributed by atoms with E-state index in [9.17, 15) is 0 Å². The van der Waals surface area contributed by atoms with Crippen LogP contribution >= 0.6 is 0 Å². The number of fused-ring (bicyclic) bond motifs is 1. The van der Waals surface area contributed by atoms with E-state index in [0.29, 0.717) is 0 Å². The Labute approximate surface area is 85.6 Å². The molecule has 2 aliphatic heterocycles. The van der Waals surface area contributed by atoms with Gasteiger partial charge in [0.2, 0.25) is 0 Å². The van der Waals surface area contributed by atoms with Crippen molar-refractivity contribution in [2.45, 2.75) is 50.1 Å². The van der Waals surface area contributed by atoms with Crippen molar-refractivity contribution in [3.05, 3.63) is 25.3 Å². The standard InChI is InChI=1S/C12H18O2/c1-3-9-5-7-12-11(13-9)8-6-10(4-2)14-12/h3-4,9-12H,1-2,5-8H2/t9-,10-,11-,12+/m1/s1. The van der Waals surface area contributed by atoms with Gasteiger partial charge in [0.15, 0.2) is 0 Å². The molecule has 78 valence electrons. The lowest BCUT2D eigenvalue weighted by Gasteiger charge is -2.40. The van der Waals surface area contributed by atoms with E-state index in [1.807, 2.05) is 12.2 Å². The first-order chi connectivity index (χ1) is 6.83. The molecule has 2 nitrogen and oxygen atoms in total. The zero-order chi connectivity index (χ0) is 9.97. The molecule has 4 atom stereocenters. The molecule has 0 aromatic heterocycles. The molecule has 0 spiro atoms. The summed E-state index contributed by atoms with van der Waals surface area (Å²) >= 11 is 0. The molecule has 0 saturated carbocycles. The zero-order valence-corrected chi connectivity index (χ0v) is 8.52. The summed E-state index contributed by atoms with van der Waals surface area (Å²) in [6.07, 6.45) is 9.08. The minimum absolute atomic E-state index is 0.236. The van der Waals surface area contributed by atoms with Crippen molar-refractivity contribution in [2.24, 2.45) is 0 Å². The SMILES string of the molecule is C=C[C@@H]1CC[C@H]2O[C@H](C=C)CC[C@@H]2O1. The van der Waals surface area contributed by atoms with Crippen LogP contribution in [0.3, 0.4) is 0 Å². The molecule has 0 unspecified atom stereocenters. The predicted molar refractivity (Wildman–Crippen MR) is 56.2 cm³/mol. The van der Waals surface area contributed by atoms with Crippen LogP contribution in [-0.2, 0) is 9.47 Å². The van der Waals surface area contributed by atoms with E-state index in [-0.39, 0.29) is 24.4 Å². The summed E-state index contributed by atoms with van der Waals surface area (Å²) in [6.45, 7) is 7.54. The second kappa shape index (κ2) is 4.28. The molecule has 0 amide bonds. The molecule has 2 aliphatic rings. The van der Waals surface area contributed by atoms with Gasteiger partial charge in [0, 0.05) is 0 Å². The Bertz CT molecular complexity index is 200. The van der Waals surface area contributed by atoms with Gasteiger partial charge >= 0.3 is 0 Å². The van der Waals surface area contributed by atoms with Crippen molar-refractivity contribution in [1.29, 1.82) is 0 Å². The fraction of sp³-hybridized carbons (Fsp3) is 0.667. The lowest BCUT2D eigenvalue weighted by molar-refractivity contribution is -0.167. The third-order valence-corrected chi connectivity index (χ3v) is 3.11. The number of hydrogen-bond acceptors (Lipinski definition) is 2. The topological polar surface area (TPSA) is 18.5 Å². The Hall–Kier alpha value is -0.600. The van der Waals surface area contributed by atoms with Crippen LogP contribution in [0.2, 0.25) is 0 Å². The summed E-state index contributed by atoms with van der Waals surface area (Å²) in [4.78, 5) is 0. The van der Waals surface area contributed by atoms with Gasteiger partial charge in [-0.1, -0.05) is 12.2 Å². The summed E-state index contributed by atoms with van der Waals surface area (Å²) in [7, 11) is 0. The summed E-state index contributed by atoms with van der Waals surface area (Å²) in [6, 6.07) is 0. The Morgan fingerprint density at radius 3 is 1.57 bits per heavy atom.